The van der Waals surface area contributed by atoms with Crippen molar-refractivity contribution in [3.63, 3.8) is 0 Å². The Labute approximate surface area is 238 Å². The molecule has 0 fully saturated rings. The van der Waals surface area contributed by atoms with Crippen LogP contribution in [0.4, 0.5) is 28.7 Å². The lowest BCUT2D eigenvalue weighted by Crippen LogP contribution is -2.06. The van der Waals surface area contributed by atoms with Gasteiger partial charge in [-0.3, -0.25) is 10.1 Å². The van der Waals surface area contributed by atoms with Crippen molar-refractivity contribution in [2.45, 2.75) is 38.5 Å². The molecule has 1 heterocycles. The molecule has 1 aromatic heterocycles. The van der Waals surface area contributed by atoms with E-state index in [1.807, 2.05) is 24.3 Å². The molecule has 5 aromatic rings. The van der Waals surface area contributed by atoms with Gasteiger partial charge < -0.3 is 10.6 Å². The van der Waals surface area contributed by atoms with Crippen LogP contribution in [-0.4, -0.2) is 14.9 Å². The predicted octanol–water partition coefficient (Wildman–Crippen LogP) is 8.92. The standard InChI is InChI=1S/C34H29N5O2/c1-3-22-24-9-5-7-11-26(24)30-17-20(13-15-28(22)30)37-33-32(39(40)41)34(36-19-35-33)38-21-14-16-29-23(4-2)25-10-6-8-12-27(25)31(29)18-21/h5-19,22-23H,3-4H2,1-2H3,(H2,35,36,37,38)/t22-,23-/m0/s1. The van der Waals surface area contributed by atoms with E-state index in [1.165, 1.54) is 39.7 Å². The van der Waals surface area contributed by atoms with E-state index in [2.05, 4.69) is 95.1 Å². The molecule has 2 atom stereocenters. The van der Waals surface area contributed by atoms with Crippen molar-refractivity contribution in [2.75, 3.05) is 10.6 Å². The summed E-state index contributed by atoms with van der Waals surface area (Å²) in [5.74, 6) is 0.990. The van der Waals surface area contributed by atoms with Crippen LogP contribution in [0.5, 0.6) is 0 Å². The summed E-state index contributed by atoms with van der Waals surface area (Å²) in [5.41, 5.74) is 11.2. The molecule has 0 bridgehead atoms. The summed E-state index contributed by atoms with van der Waals surface area (Å²) in [6, 6.07) is 29.2. The second-order valence-corrected chi connectivity index (χ2v) is 10.6. The fraction of sp³-hybridized carbons (Fsp3) is 0.176. The van der Waals surface area contributed by atoms with Gasteiger partial charge in [-0.05, 0) is 81.6 Å². The highest BCUT2D eigenvalue weighted by atomic mass is 16.6. The van der Waals surface area contributed by atoms with E-state index >= 15 is 0 Å². The molecule has 7 heteroatoms. The third kappa shape index (κ3) is 4.04. The Hall–Kier alpha value is -5.04. The number of hydrogen-bond acceptors (Lipinski definition) is 6. The minimum absolute atomic E-state index is 0.142. The fourth-order valence-electron chi connectivity index (χ4n) is 6.66. The Kier molecular flexibility index (Phi) is 6.00. The van der Waals surface area contributed by atoms with Gasteiger partial charge in [0.15, 0.2) is 0 Å². The molecule has 7 nitrogen and oxygen atoms in total. The molecular formula is C34H29N5O2. The van der Waals surface area contributed by atoms with Crippen LogP contribution in [0.1, 0.15) is 60.8 Å². The number of anilines is 4. The van der Waals surface area contributed by atoms with E-state index in [4.69, 9.17) is 0 Å². The van der Waals surface area contributed by atoms with E-state index in [0.717, 1.165) is 35.3 Å². The van der Waals surface area contributed by atoms with Crippen LogP contribution in [0.25, 0.3) is 22.3 Å². The quantitative estimate of drug-likeness (QED) is 0.158. The van der Waals surface area contributed by atoms with Crippen LogP contribution in [-0.2, 0) is 0 Å². The van der Waals surface area contributed by atoms with Crippen molar-refractivity contribution in [2.24, 2.45) is 0 Å². The third-order valence-corrected chi connectivity index (χ3v) is 8.46. The molecule has 2 aliphatic rings. The van der Waals surface area contributed by atoms with Gasteiger partial charge in [-0.1, -0.05) is 74.5 Å². The predicted molar refractivity (Wildman–Crippen MR) is 163 cm³/mol. The van der Waals surface area contributed by atoms with Crippen molar-refractivity contribution < 1.29 is 4.92 Å². The zero-order chi connectivity index (χ0) is 28.1. The lowest BCUT2D eigenvalue weighted by molar-refractivity contribution is -0.383. The Balaban J connectivity index is 1.23. The van der Waals surface area contributed by atoms with Crippen LogP contribution in [0, 0.1) is 10.1 Å². The minimum Gasteiger partial charge on any atom is -0.334 e. The Morgan fingerprint density at radius 1 is 0.659 bits per heavy atom. The number of nitrogens with zero attached hydrogens (tertiary/aromatic N) is 3. The van der Waals surface area contributed by atoms with E-state index < -0.39 is 4.92 Å². The van der Waals surface area contributed by atoms with Gasteiger partial charge in [-0.25, -0.2) is 9.97 Å². The van der Waals surface area contributed by atoms with E-state index in [0.29, 0.717) is 11.8 Å². The van der Waals surface area contributed by atoms with Gasteiger partial charge in [0, 0.05) is 23.2 Å². The van der Waals surface area contributed by atoms with Crippen molar-refractivity contribution in [1.82, 2.24) is 9.97 Å². The summed E-state index contributed by atoms with van der Waals surface area (Å²) in [5, 5.41) is 18.8. The maximum Gasteiger partial charge on any atom is 0.353 e. The minimum atomic E-state index is -0.434. The molecule has 7 rings (SSSR count). The number of nitro groups is 1. The number of fused-ring (bicyclic) bond motifs is 6. The first-order valence-electron chi connectivity index (χ1n) is 14.1. The normalized spacial score (nSPS) is 16.0. The topological polar surface area (TPSA) is 93.0 Å². The Bertz CT molecular complexity index is 1710. The molecule has 0 amide bonds. The fourth-order valence-corrected chi connectivity index (χ4v) is 6.66. The van der Waals surface area contributed by atoms with Gasteiger partial charge in [0.1, 0.15) is 6.33 Å². The lowest BCUT2D eigenvalue weighted by Gasteiger charge is -2.13. The van der Waals surface area contributed by atoms with E-state index in [-0.39, 0.29) is 17.3 Å². The summed E-state index contributed by atoms with van der Waals surface area (Å²) in [4.78, 5) is 20.4. The second-order valence-electron chi connectivity index (χ2n) is 10.6. The third-order valence-electron chi connectivity index (χ3n) is 8.46. The number of nitrogens with one attached hydrogen (secondary N) is 2. The van der Waals surface area contributed by atoms with Crippen molar-refractivity contribution in [1.29, 1.82) is 0 Å². The maximum absolute atomic E-state index is 12.3. The molecule has 202 valence electrons. The van der Waals surface area contributed by atoms with Gasteiger partial charge in [-0.15, -0.1) is 0 Å². The molecule has 0 radical (unpaired) electrons. The largest absolute Gasteiger partial charge is 0.353 e. The molecule has 2 aliphatic carbocycles. The summed E-state index contributed by atoms with van der Waals surface area (Å²) in [7, 11) is 0. The highest BCUT2D eigenvalue weighted by molar-refractivity contribution is 5.85. The summed E-state index contributed by atoms with van der Waals surface area (Å²) in [6.07, 6.45) is 3.37. The zero-order valence-corrected chi connectivity index (χ0v) is 22.9. The SMILES string of the molecule is CC[C@H]1c2ccccc2-c2cc(Nc3ncnc(Nc4ccc5c(c4)-c4ccccc4[C@@H]5CC)c3[N+](=O)[O-])ccc21. The zero-order valence-electron chi connectivity index (χ0n) is 22.9. The maximum atomic E-state index is 12.3. The molecular weight excluding hydrogens is 510 g/mol. The van der Waals surface area contributed by atoms with Crippen LogP contribution in [0.15, 0.2) is 91.3 Å². The van der Waals surface area contributed by atoms with Gasteiger partial charge in [0.25, 0.3) is 0 Å². The first kappa shape index (κ1) is 25.0. The van der Waals surface area contributed by atoms with Crippen molar-refractivity contribution >= 4 is 28.7 Å². The monoisotopic (exact) mass is 539 g/mol. The van der Waals surface area contributed by atoms with Crippen LogP contribution in [0.2, 0.25) is 0 Å². The molecule has 0 saturated carbocycles. The van der Waals surface area contributed by atoms with E-state index in [9.17, 15) is 10.1 Å². The Morgan fingerprint density at radius 3 is 1.54 bits per heavy atom. The van der Waals surface area contributed by atoms with E-state index in [1.54, 1.807) is 0 Å². The van der Waals surface area contributed by atoms with Gasteiger partial charge in [0.2, 0.25) is 11.6 Å². The first-order valence-corrected chi connectivity index (χ1v) is 14.1. The second kappa shape index (κ2) is 9.86. The summed E-state index contributed by atoms with van der Waals surface area (Å²) >= 11 is 0. The molecule has 0 unspecified atom stereocenters. The molecule has 4 aromatic carbocycles. The van der Waals surface area contributed by atoms with Crippen LogP contribution in [0.3, 0.4) is 0 Å². The number of hydrogen-bond donors (Lipinski definition) is 2. The average Bonchev–Trinajstić information content (AvgIpc) is 3.48. The van der Waals surface area contributed by atoms with Crippen LogP contribution < -0.4 is 10.6 Å². The van der Waals surface area contributed by atoms with Gasteiger partial charge >= 0.3 is 5.69 Å². The van der Waals surface area contributed by atoms with Crippen molar-refractivity contribution in [3.05, 3.63) is 124 Å². The average molecular weight is 540 g/mol. The number of aromatic nitrogens is 2. The van der Waals surface area contributed by atoms with Gasteiger partial charge in [0.05, 0.1) is 4.92 Å². The molecule has 41 heavy (non-hydrogen) atoms. The Morgan fingerprint density at radius 2 is 1.10 bits per heavy atom. The molecule has 0 spiro atoms. The van der Waals surface area contributed by atoms with Gasteiger partial charge in [-0.2, -0.15) is 0 Å². The molecule has 0 aliphatic heterocycles. The summed E-state index contributed by atoms with van der Waals surface area (Å²) in [6.45, 7) is 4.40. The molecule has 0 saturated heterocycles. The highest BCUT2D eigenvalue weighted by Gasteiger charge is 2.30. The number of rotatable bonds is 7. The first-order chi connectivity index (χ1) is 20.1. The van der Waals surface area contributed by atoms with Crippen molar-refractivity contribution in [3.8, 4) is 22.3 Å². The number of benzene rings is 4. The smallest absolute Gasteiger partial charge is 0.334 e. The van der Waals surface area contributed by atoms with Crippen LogP contribution >= 0.6 is 0 Å². The highest BCUT2D eigenvalue weighted by Crippen LogP contribution is 2.49. The lowest BCUT2D eigenvalue weighted by atomic mass is 9.94. The summed E-state index contributed by atoms with van der Waals surface area (Å²) < 4.78 is 0. The molecule has 2 N–H and O–H groups in total.